The van der Waals surface area contributed by atoms with Gasteiger partial charge in [-0.25, -0.2) is 4.98 Å². The molecular formula is C20H24ClN3OS. The number of hydrogen-bond acceptors (Lipinski definition) is 4. The van der Waals surface area contributed by atoms with E-state index in [1.165, 1.54) is 18.4 Å². The number of nitrogens with zero attached hydrogens (tertiary/aromatic N) is 3. The molecule has 26 heavy (non-hydrogen) atoms. The number of carbonyl (C=O) groups is 1. The number of benzene rings is 1. The quantitative estimate of drug-likeness (QED) is 0.665. The number of thiazole rings is 1. The molecule has 1 aromatic carbocycles. The molecule has 4 rings (SSSR count). The van der Waals surface area contributed by atoms with Gasteiger partial charge in [0.1, 0.15) is 0 Å². The van der Waals surface area contributed by atoms with Gasteiger partial charge in [-0.3, -0.25) is 14.6 Å². The lowest BCUT2D eigenvalue weighted by molar-refractivity contribution is -0.116. The summed E-state index contributed by atoms with van der Waals surface area (Å²) in [6, 6.07) is 9.44. The molecule has 1 atom stereocenters. The highest BCUT2D eigenvalue weighted by Crippen LogP contribution is 2.37. The standard InChI is InChI=1S/C20H24ClN3OS/c1-13(15-3-5-16(21)6-4-15)23(18-7-8-18)11-17-12-26-20(22-17)24(14(2)25)19-9-10-19/h3-6,12-13,18-19H,7-11H2,1-2H3/t13-/m0/s1. The van der Waals surface area contributed by atoms with Crippen LogP contribution in [0.4, 0.5) is 5.13 Å². The van der Waals surface area contributed by atoms with Crippen molar-refractivity contribution in [3.8, 4) is 0 Å². The van der Waals surface area contributed by atoms with Gasteiger partial charge >= 0.3 is 0 Å². The van der Waals surface area contributed by atoms with Crippen molar-refractivity contribution in [3.05, 3.63) is 45.9 Å². The first kappa shape index (κ1) is 18.0. The van der Waals surface area contributed by atoms with Gasteiger partial charge in [0, 0.05) is 42.0 Å². The molecule has 0 bridgehead atoms. The summed E-state index contributed by atoms with van der Waals surface area (Å²) < 4.78 is 0. The van der Waals surface area contributed by atoms with E-state index < -0.39 is 0 Å². The van der Waals surface area contributed by atoms with Crippen molar-refractivity contribution in [1.82, 2.24) is 9.88 Å². The third kappa shape index (κ3) is 3.95. The van der Waals surface area contributed by atoms with Crippen molar-refractivity contribution in [3.63, 3.8) is 0 Å². The topological polar surface area (TPSA) is 36.4 Å². The molecule has 1 amide bonds. The van der Waals surface area contributed by atoms with Crippen molar-refractivity contribution < 1.29 is 4.79 Å². The summed E-state index contributed by atoms with van der Waals surface area (Å²) in [5.41, 5.74) is 2.34. The zero-order chi connectivity index (χ0) is 18.3. The van der Waals surface area contributed by atoms with Crippen LogP contribution in [0.15, 0.2) is 29.6 Å². The lowest BCUT2D eigenvalue weighted by Crippen LogP contribution is -2.31. The first-order chi connectivity index (χ1) is 12.5. The van der Waals surface area contributed by atoms with Crippen LogP contribution in [0, 0.1) is 0 Å². The van der Waals surface area contributed by atoms with Gasteiger partial charge in [0.05, 0.1) is 5.69 Å². The monoisotopic (exact) mass is 389 g/mol. The minimum absolute atomic E-state index is 0.0991. The van der Waals surface area contributed by atoms with Crippen molar-refractivity contribution in [1.29, 1.82) is 0 Å². The van der Waals surface area contributed by atoms with Crippen LogP contribution in [0.1, 0.15) is 56.8 Å². The van der Waals surface area contributed by atoms with Crippen LogP contribution in [0.3, 0.4) is 0 Å². The SMILES string of the molecule is CC(=O)N(c1nc(CN(C2CC2)[C@@H](C)c2ccc(Cl)cc2)cs1)C1CC1. The molecule has 2 aromatic rings. The molecule has 0 radical (unpaired) electrons. The highest BCUT2D eigenvalue weighted by atomic mass is 35.5. The number of halogens is 1. The molecular weight excluding hydrogens is 366 g/mol. The molecule has 138 valence electrons. The lowest BCUT2D eigenvalue weighted by atomic mass is 10.1. The van der Waals surface area contributed by atoms with Crippen LogP contribution in [-0.4, -0.2) is 27.9 Å². The van der Waals surface area contributed by atoms with Gasteiger partial charge in [-0.05, 0) is 50.3 Å². The fourth-order valence-electron chi connectivity index (χ4n) is 3.47. The Morgan fingerprint density at radius 3 is 2.46 bits per heavy atom. The van der Waals surface area contributed by atoms with E-state index in [2.05, 4.69) is 29.3 Å². The van der Waals surface area contributed by atoms with E-state index in [9.17, 15) is 4.79 Å². The number of hydrogen-bond donors (Lipinski definition) is 0. The number of rotatable bonds is 7. The third-order valence-corrected chi connectivity index (χ3v) is 6.35. The Morgan fingerprint density at radius 2 is 1.88 bits per heavy atom. The van der Waals surface area contributed by atoms with Crippen LogP contribution in [0.25, 0.3) is 0 Å². The minimum Gasteiger partial charge on any atom is -0.288 e. The molecule has 0 N–H and O–H groups in total. The first-order valence-corrected chi connectivity index (χ1v) is 10.5. The maximum Gasteiger partial charge on any atom is 0.225 e. The number of carbonyl (C=O) groups excluding carboxylic acids is 1. The molecule has 1 aromatic heterocycles. The van der Waals surface area contributed by atoms with Crippen LogP contribution < -0.4 is 4.90 Å². The number of amides is 1. The zero-order valence-electron chi connectivity index (χ0n) is 15.2. The molecule has 0 spiro atoms. The summed E-state index contributed by atoms with van der Waals surface area (Å²) in [5, 5.41) is 3.73. The molecule has 0 aliphatic heterocycles. The molecule has 0 saturated heterocycles. The molecule has 1 heterocycles. The van der Waals surface area contributed by atoms with E-state index in [1.54, 1.807) is 18.3 Å². The maximum absolute atomic E-state index is 12.0. The van der Waals surface area contributed by atoms with Crippen molar-refractivity contribution in [2.45, 2.75) is 64.2 Å². The Bertz CT molecular complexity index is 783. The van der Waals surface area contributed by atoms with Gasteiger partial charge in [0.15, 0.2) is 5.13 Å². The predicted octanol–water partition coefficient (Wildman–Crippen LogP) is 5.04. The Kier molecular flexibility index (Phi) is 5.04. The summed E-state index contributed by atoms with van der Waals surface area (Å²) in [6.07, 6.45) is 4.68. The molecule has 4 nitrogen and oxygen atoms in total. The van der Waals surface area contributed by atoms with Crippen molar-refractivity contribution >= 4 is 34.0 Å². The summed E-state index contributed by atoms with van der Waals surface area (Å²) in [5.74, 6) is 0.0991. The van der Waals surface area contributed by atoms with Gasteiger partial charge in [-0.15, -0.1) is 11.3 Å². The van der Waals surface area contributed by atoms with Crippen molar-refractivity contribution in [2.75, 3.05) is 4.90 Å². The lowest BCUT2D eigenvalue weighted by Gasteiger charge is -2.29. The van der Waals surface area contributed by atoms with E-state index >= 15 is 0 Å². The molecule has 2 aliphatic carbocycles. The molecule has 0 unspecified atom stereocenters. The fourth-order valence-corrected chi connectivity index (χ4v) is 4.52. The number of anilines is 1. The Morgan fingerprint density at radius 1 is 1.23 bits per heavy atom. The van der Waals surface area contributed by atoms with E-state index in [1.807, 2.05) is 17.0 Å². The second-order valence-corrected chi connectivity index (χ2v) is 8.65. The summed E-state index contributed by atoms with van der Waals surface area (Å²) in [7, 11) is 0. The van der Waals surface area contributed by atoms with Crippen molar-refractivity contribution in [2.24, 2.45) is 0 Å². The number of aromatic nitrogens is 1. The third-order valence-electron chi connectivity index (χ3n) is 5.21. The molecule has 6 heteroatoms. The Hall–Kier alpha value is -1.43. The van der Waals surface area contributed by atoms with E-state index in [-0.39, 0.29) is 5.91 Å². The van der Waals surface area contributed by atoms with Gasteiger partial charge in [0.25, 0.3) is 0 Å². The Labute approximate surface area is 163 Å². The molecule has 2 fully saturated rings. The smallest absolute Gasteiger partial charge is 0.225 e. The average Bonchev–Trinajstić information content (AvgIpc) is 3.53. The normalized spacial score (nSPS) is 18.2. The first-order valence-electron chi connectivity index (χ1n) is 9.28. The molecule has 2 saturated carbocycles. The second kappa shape index (κ2) is 7.29. The largest absolute Gasteiger partial charge is 0.288 e. The van der Waals surface area contributed by atoms with E-state index in [0.29, 0.717) is 18.1 Å². The van der Waals surface area contributed by atoms with Crippen LogP contribution in [-0.2, 0) is 11.3 Å². The van der Waals surface area contributed by atoms with Gasteiger partial charge in [-0.2, -0.15) is 0 Å². The highest BCUT2D eigenvalue weighted by Gasteiger charge is 2.35. The van der Waals surface area contributed by atoms with E-state index in [0.717, 1.165) is 35.2 Å². The molecule has 2 aliphatic rings. The van der Waals surface area contributed by atoms with Gasteiger partial charge in [0.2, 0.25) is 5.91 Å². The summed E-state index contributed by atoms with van der Waals surface area (Å²) in [4.78, 5) is 21.2. The Balaban J connectivity index is 1.50. The van der Waals surface area contributed by atoms with Gasteiger partial charge in [-0.1, -0.05) is 23.7 Å². The second-order valence-electron chi connectivity index (χ2n) is 7.37. The van der Waals surface area contributed by atoms with E-state index in [4.69, 9.17) is 16.6 Å². The van der Waals surface area contributed by atoms with Crippen LogP contribution >= 0.6 is 22.9 Å². The van der Waals surface area contributed by atoms with Gasteiger partial charge < -0.3 is 0 Å². The van der Waals surface area contributed by atoms with Crippen LogP contribution in [0.5, 0.6) is 0 Å². The highest BCUT2D eigenvalue weighted by molar-refractivity contribution is 7.14. The van der Waals surface area contributed by atoms with Crippen LogP contribution in [0.2, 0.25) is 5.02 Å². The minimum atomic E-state index is 0.0991. The fraction of sp³-hybridized carbons (Fsp3) is 0.500. The zero-order valence-corrected chi connectivity index (χ0v) is 16.8. The maximum atomic E-state index is 12.0. The average molecular weight is 390 g/mol. The predicted molar refractivity (Wildman–Crippen MR) is 107 cm³/mol. The summed E-state index contributed by atoms with van der Waals surface area (Å²) >= 11 is 7.62. The summed E-state index contributed by atoms with van der Waals surface area (Å²) in [6.45, 7) is 4.71.